The smallest absolute Gasteiger partial charge is 0.229 e. The number of carbonyl (C=O) groups is 1. The van der Waals surface area contributed by atoms with Gasteiger partial charge in [-0.1, -0.05) is 0 Å². The van der Waals surface area contributed by atoms with E-state index < -0.39 is 11.8 Å². The quantitative estimate of drug-likeness (QED) is 0.726. The molecule has 0 spiro atoms. The standard InChI is InChI=1S/C16H21NO3/c1-5-6-16-11-9-7-8(12(18)13(9)20-16)10(11)14(19)17(16)15(2,3)4/h1,8-13,18H,6-7H2,2-4H3. The van der Waals surface area contributed by atoms with Gasteiger partial charge < -0.3 is 14.7 Å². The maximum absolute atomic E-state index is 13.0. The lowest BCUT2D eigenvalue weighted by atomic mass is 9.76. The minimum Gasteiger partial charge on any atom is -0.390 e. The molecule has 20 heavy (non-hydrogen) atoms. The van der Waals surface area contributed by atoms with Crippen LogP contribution in [-0.2, 0) is 9.53 Å². The summed E-state index contributed by atoms with van der Waals surface area (Å²) in [5.74, 6) is 3.28. The Bertz CT molecular complexity index is 531. The summed E-state index contributed by atoms with van der Waals surface area (Å²) in [6.07, 6.45) is 6.29. The normalized spacial score (nSPS) is 52.0. The summed E-state index contributed by atoms with van der Waals surface area (Å²) >= 11 is 0. The van der Waals surface area contributed by atoms with Crippen molar-refractivity contribution < 1.29 is 14.6 Å². The van der Waals surface area contributed by atoms with Gasteiger partial charge in [0, 0.05) is 11.5 Å². The molecule has 2 aliphatic carbocycles. The number of fused-ring (bicyclic) bond motifs is 2. The topological polar surface area (TPSA) is 49.8 Å². The van der Waals surface area contributed by atoms with Gasteiger partial charge in [0.25, 0.3) is 0 Å². The van der Waals surface area contributed by atoms with Crippen molar-refractivity contribution in [3.8, 4) is 12.3 Å². The van der Waals surface area contributed by atoms with Gasteiger partial charge in [-0.2, -0.15) is 0 Å². The van der Waals surface area contributed by atoms with Crippen LogP contribution in [0, 0.1) is 36.0 Å². The largest absolute Gasteiger partial charge is 0.390 e. The van der Waals surface area contributed by atoms with E-state index in [2.05, 4.69) is 5.92 Å². The zero-order valence-electron chi connectivity index (χ0n) is 12.2. The van der Waals surface area contributed by atoms with Crippen molar-refractivity contribution in [3.05, 3.63) is 0 Å². The molecule has 2 heterocycles. The summed E-state index contributed by atoms with van der Waals surface area (Å²) in [5, 5.41) is 10.4. The highest BCUT2D eigenvalue weighted by molar-refractivity contribution is 5.85. The third kappa shape index (κ3) is 1.12. The number of likely N-dealkylation sites (tertiary alicyclic amines) is 1. The van der Waals surface area contributed by atoms with Crippen molar-refractivity contribution in [2.75, 3.05) is 0 Å². The van der Waals surface area contributed by atoms with Gasteiger partial charge in [0.1, 0.15) is 0 Å². The van der Waals surface area contributed by atoms with E-state index >= 15 is 0 Å². The Balaban J connectivity index is 1.89. The first kappa shape index (κ1) is 12.7. The van der Waals surface area contributed by atoms with E-state index in [1.807, 2.05) is 25.7 Å². The third-order valence-corrected chi connectivity index (χ3v) is 5.82. The fourth-order valence-electron chi connectivity index (χ4n) is 5.57. The number of aliphatic hydroxyl groups is 1. The number of terminal acetylenes is 1. The fraction of sp³-hybridized carbons (Fsp3) is 0.812. The molecule has 2 bridgehead atoms. The van der Waals surface area contributed by atoms with Crippen LogP contribution in [0.1, 0.15) is 33.6 Å². The minimum atomic E-state index is -0.684. The minimum absolute atomic E-state index is 0.0644. The number of hydrogen-bond donors (Lipinski definition) is 1. The first-order valence-corrected chi connectivity index (χ1v) is 7.46. The zero-order valence-corrected chi connectivity index (χ0v) is 12.2. The van der Waals surface area contributed by atoms with Gasteiger partial charge >= 0.3 is 0 Å². The van der Waals surface area contributed by atoms with E-state index in [0.717, 1.165) is 6.42 Å². The summed E-state index contributed by atoms with van der Waals surface area (Å²) in [4.78, 5) is 14.8. The number of nitrogens with zero attached hydrogens (tertiary/aromatic N) is 1. The molecule has 2 saturated heterocycles. The Labute approximate surface area is 119 Å². The van der Waals surface area contributed by atoms with Crippen LogP contribution in [0.4, 0.5) is 0 Å². The monoisotopic (exact) mass is 275 g/mol. The SMILES string of the molecule is C#CCC12OC3C(O)C4CC3C1C4C(=O)N2C(C)(C)C. The Hall–Kier alpha value is -1.05. The second-order valence-corrected chi connectivity index (χ2v) is 7.76. The fourth-order valence-corrected chi connectivity index (χ4v) is 5.57. The van der Waals surface area contributed by atoms with E-state index in [4.69, 9.17) is 11.2 Å². The van der Waals surface area contributed by atoms with Crippen LogP contribution in [0.5, 0.6) is 0 Å². The maximum atomic E-state index is 13.0. The van der Waals surface area contributed by atoms with Gasteiger partial charge in [0.2, 0.25) is 5.91 Å². The lowest BCUT2D eigenvalue weighted by Crippen LogP contribution is -2.58. The van der Waals surface area contributed by atoms with Crippen molar-refractivity contribution >= 4 is 5.91 Å². The van der Waals surface area contributed by atoms with Crippen molar-refractivity contribution in [2.45, 2.75) is 57.1 Å². The van der Waals surface area contributed by atoms with Crippen LogP contribution >= 0.6 is 0 Å². The van der Waals surface area contributed by atoms with E-state index in [1.54, 1.807) is 0 Å². The summed E-state index contributed by atoms with van der Waals surface area (Å²) < 4.78 is 6.29. The Morgan fingerprint density at radius 2 is 2.20 bits per heavy atom. The number of amides is 1. The predicted molar refractivity (Wildman–Crippen MR) is 72.2 cm³/mol. The van der Waals surface area contributed by atoms with Gasteiger partial charge in [-0.3, -0.25) is 4.79 Å². The molecule has 4 fully saturated rings. The average molecular weight is 275 g/mol. The maximum Gasteiger partial charge on any atom is 0.229 e. The summed E-state index contributed by atoms with van der Waals surface area (Å²) in [6, 6.07) is 0. The Morgan fingerprint density at radius 3 is 2.80 bits per heavy atom. The average Bonchev–Trinajstić information content (AvgIpc) is 2.95. The molecule has 0 radical (unpaired) electrons. The molecule has 0 aromatic carbocycles. The second kappa shape index (κ2) is 3.40. The Morgan fingerprint density at radius 1 is 1.50 bits per heavy atom. The van der Waals surface area contributed by atoms with E-state index in [1.165, 1.54) is 0 Å². The highest BCUT2D eigenvalue weighted by Gasteiger charge is 2.79. The Kier molecular flexibility index (Phi) is 2.15. The number of ether oxygens (including phenoxy) is 1. The molecule has 2 saturated carbocycles. The summed E-state index contributed by atoms with van der Waals surface area (Å²) in [7, 11) is 0. The summed E-state index contributed by atoms with van der Waals surface area (Å²) in [6.45, 7) is 6.09. The molecule has 7 atom stereocenters. The van der Waals surface area contributed by atoms with Gasteiger partial charge in [-0.15, -0.1) is 12.3 Å². The number of hydrogen-bond acceptors (Lipinski definition) is 3. The van der Waals surface area contributed by atoms with Gasteiger partial charge in [-0.05, 0) is 39.0 Å². The molecular weight excluding hydrogens is 254 g/mol. The third-order valence-electron chi connectivity index (χ3n) is 5.82. The second-order valence-electron chi connectivity index (χ2n) is 7.76. The van der Waals surface area contributed by atoms with Gasteiger partial charge in [-0.25, -0.2) is 0 Å². The molecule has 4 nitrogen and oxygen atoms in total. The summed E-state index contributed by atoms with van der Waals surface area (Å²) in [5.41, 5.74) is -0.999. The first-order chi connectivity index (χ1) is 9.33. The first-order valence-electron chi connectivity index (χ1n) is 7.46. The van der Waals surface area contributed by atoms with Crippen LogP contribution < -0.4 is 0 Å². The lowest BCUT2D eigenvalue weighted by molar-refractivity contribution is -0.192. The lowest BCUT2D eigenvalue weighted by Gasteiger charge is -2.45. The van der Waals surface area contributed by atoms with Gasteiger partial charge in [0.05, 0.1) is 24.5 Å². The van der Waals surface area contributed by atoms with E-state index in [-0.39, 0.29) is 35.3 Å². The number of carbonyl (C=O) groups excluding carboxylic acids is 1. The van der Waals surface area contributed by atoms with Crippen LogP contribution in [-0.4, -0.2) is 39.4 Å². The molecule has 1 N–H and O–H groups in total. The highest BCUT2D eigenvalue weighted by Crippen LogP contribution is 2.69. The molecule has 4 rings (SSSR count). The van der Waals surface area contributed by atoms with Crippen molar-refractivity contribution in [1.82, 2.24) is 4.90 Å². The molecular formula is C16H21NO3. The predicted octanol–water partition coefficient (Wildman–Crippen LogP) is 0.988. The van der Waals surface area contributed by atoms with E-state index in [0.29, 0.717) is 12.3 Å². The number of rotatable bonds is 1. The molecule has 1 amide bonds. The van der Waals surface area contributed by atoms with Crippen LogP contribution in [0.25, 0.3) is 0 Å². The number of aliphatic hydroxyl groups excluding tert-OH is 1. The molecule has 108 valence electrons. The van der Waals surface area contributed by atoms with Crippen LogP contribution in [0.3, 0.4) is 0 Å². The van der Waals surface area contributed by atoms with Gasteiger partial charge in [0.15, 0.2) is 5.72 Å². The van der Waals surface area contributed by atoms with Crippen molar-refractivity contribution in [2.24, 2.45) is 23.7 Å². The van der Waals surface area contributed by atoms with Crippen LogP contribution in [0.2, 0.25) is 0 Å². The van der Waals surface area contributed by atoms with Crippen LogP contribution in [0.15, 0.2) is 0 Å². The molecule has 0 aromatic rings. The zero-order chi connectivity index (χ0) is 14.4. The molecule has 0 aromatic heterocycles. The van der Waals surface area contributed by atoms with Crippen molar-refractivity contribution in [3.63, 3.8) is 0 Å². The highest BCUT2D eigenvalue weighted by atomic mass is 16.6. The molecule has 4 heteroatoms. The van der Waals surface area contributed by atoms with E-state index in [9.17, 15) is 9.90 Å². The van der Waals surface area contributed by atoms with Crippen molar-refractivity contribution in [1.29, 1.82) is 0 Å². The molecule has 2 aliphatic heterocycles. The molecule has 4 aliphatic rings. The molecule has 7 unspecified atom stereocenters.